The van der Waals surface area contributed by atoms with Crippen LogP contribution >= 0.6 is 0 Å². The smallest absolute Gasteiger partial charge is 0.344 e. The normalized spacial score (nSPS) is 19.3. The van der Waals surface area contributed by atoms with Gasteiger partial charge in [-0.25, -0.2) is 4.39 Å². The molecule has 29 heavy (non-hydrogen) atoms. The van der Waals surface area contributed by atoms with E-state index in [0.29, 0.717) is 5.56 Å². The Balaban J connectivity index is 1.89. The summed E-state index contributed by atoms with van der Waals surface area (Å²) in [5, 5.41) is 8.92. The molecule has 0 aliphatic carbocycles. The van der Waals surface area contributed by atoms with Crippen molar-refractivity contribution in [1.82, 2.24) is 4.90 Å². The Labute approximate surface area is 164 Å². The summed E-state index contributed by atoms with van der Waals surface area (Å²) in [6.07, 6.45) is -4.87. The number of alkyl halides is 3. The summed E-state index contributed by atoms with van der Waals surface area (Å²) < 4.78 is 52.7. The maximum Gasteiger partial charge on any atom is 0.416 e. The van der Waals surface area contributed by atoms with Gasteiger partial charge in [-0.15, -0.1) is 0 Å². The number of likely N-dealkylation sites (N-methyl/N-ethyl adjacent to an activating group) is 1. The zero-order valence-electron chi connectivity index (χ0n) is 15.3. The molecule has 1 amide bonds. The number of carbonyl (C=O) groups is 2. The number of hydrogen-bond donors (Lipinski definition) is 0. The number of amides is 1. The van der Waals surface area contributed by atoms with Crippen LogP contribution in [0.3, 0.4) is 0 Å². The maximum absolute atomic E-state index is 14.3. The van der Waals surface area contributed by atoms with Crippen molar-refractivity contribution < 1.29 is 27.2 Å². The lowest BCUT2D eigenvalue weighted by molar-refractivity contribution is -0.138. The molecule has 2 aromatic carbocycles. The first kappa shape index (κ1) is 20.5. The maximum atomic E-state index is 14.3. The van der Waals surface area contributed by atoms with Gasteiger partial charge in [-0.2, -0.15) is 18.4 Å². The molecule has 0 radical (unpaired) electrons. The van der Waals surface area contributed by atoms with Crippen LogP contribution in [0, 0.1) is 23.1 Å². The van der Waals surface area contributed by atoms with Crippen LogP contribution in [0.5, 0.6) is 0 Å². The Morgan fingerprint density at radius 1 is 1.21 bits per heavy atom. The van der Waals surface area contributed by atoms with Crippen LogP contribution in [-0.2, 0) is 22.2 Å². The summed E-state index contributed by atoms with van der Waals surface area (Å²) >= 11 is 0. The van der Waals surface area contributed by atoms with E-state index >= 15 is 0 Å². The molecular weight excluding hydrogens is 388 g/mol. The largest absolute Gasteiger partial charge is 0.416 e. The van der Waals surface area contributed by atoms with E-state index < -0.39 is 41.1 Å². The summed E-state index contributed by atoms with van der Waals surface area (Å²) in [5.74, 6) is -3.57. The Hall–Kier alpha value is -3.21. The summed E-state index contributed by atoms with van der Waals surface area (Å²) in [6, 6.07) is 10.1. The van der Waals surface area contributed by atoms with Crippen LogP contribution in [-0.4, -0.2) is 30.2 Å². The van der Waals surface area contributed by atoms with Gasteiger partial charge in [0.2, 0.25) is 5.91 Å². The van der Waals surface area contributed by atoms with Gasteiger partial charge in [0.05, 0.1) is 11.1 Å². The fraction of sp³-hybridized carbons (Fsp3) is 0.286. The number of hydrogen-bond acceptors (Lipinski definition) is 3. The predicted octanol–water partition coefficient (Wildman–Crippen LogP) is 3.70. The number of ketones is 1. The summed E-state index contributed by atoms with van der Waals surface area (Å²) in [6.45, 7) is 0.168. The first-order valence-electron chi connectivity index (χ1n) is 8.75. The quantitative estimate of drug-likeness (QED) is 0.577. The van der Waals surface area contributed by atoms with Gasteiger partial charge < -0.3 is 4.90 Å². The number of nitrogens with zero attached hydrogens (tertiary/aromatic N) is 2. The second-order valence-corrected chi connectivity index (χ2v) is 6.96. The first-order valence-corrected chi connectivity index (χ1v) is 8.75. The third-order valence-electron chi connectivity index (χ3n) is 5.09. The molecule has 0 saturated carbocycles. The van der Waals surface area contributed by atoms with Crippen LogP contribution in [0.25, 0.3) is 0 Å². The van der Waals surface area contributed by atoms with E-state index in [1.54, 1.807) is 6.07 Å². The fourth-order valence-electron chi connectivity index (χ4n) is 3.58. The zero-order chi connectivity index (χ0) is 21.3. The third-order valence-corrected chi connectivity index (χ3v) is 5.09. The van der Waals surface area contributed by atoms with E-state index in [0.717, 1.165) is 12.1 Å². The number of carbonyl (C=O) groups excluding carboxylic acids is 2. The average molecular weight is 404 g/mol. The Morgan fingerprint density at radius 3 is 2.45 bits per heavy atom. The second kappa shape index (κ2) is 7.66. The molecule has 2 atom stereocenters. The van der Waals surface area contributed by atoms with E-state index in [1.807, 2.05) is 0 Å². The number of halogens is 4. The Bertz CT molecular complexity index is 993. The molecule has 0 unspecified atom stereocenters. The van der Waals surface area contributed by atoms with Gasteiger partial charge in [-0.1, -0.05) is 24.3 Å². The number of benzene rings is 2. The van der Waals surface area contributed by atoms with Gasteiger partial charge in [0, 0.05) is 25.9 Å². The number of rotatable bonds is 4. The molecule has 1 heterocycles. The van der Waals surface area contributed by atoms with E-state index in [2.05, 4.69) is 0 Å². The lowest BCUT2D eigenvalue weighted by Gasteiger charge is -2.17. The average Bonchev–Trinajstić information content (AvgIpc) is 2.97. The second-order valence-electron chi connectivity index (χ2n) is 6.96. The van der Waals surface area contributed by atoms with Crippen molar-refractivity contribution in [3.05, 3.63) is 70.5 Å². The predicted molar refractivity (Wildman–Crippen MR) is 95.1 cm³/mol. The summed E-state index contributed by atoms with van der Waals surface area (Å²) in [7, 11) is 1.50. The van der Waals surface area contributed by atoms with Gasteiger partial charge in [0.1, 0.15) is 23.6 Å². The fourth-order valence-corrected chi connectivity index (χ4v) is 3.58. The van der Waals surface area contributed by atoms with Crippen LogP contribution in [0.2, 0.25) is 0 Å². The zero-order valence-corrected chi connectivity index (χ0v) is 15.3. The van der Waals surface area contributed by atoms with Crippen LogP contribution in [0.4, 0.5) is 17.6 Å². The summed E-state index contributed by atoms with van der Waals surface area (Å²) in [5.41, 5.74) is -0.593. The molecule has 0 bridgehead atoms. The molecular formula is C21H16F4N2O2. The summed E-state index contributed by atoms with van der Waals surface area (Å²) in [4.78, 5) is 26.7. The molecule has 1 aliphatic rings. The number of likely N-dealkylation sites (tertiary alicyclic amines) is 1. The molecule has 0 N–H and O–H groups in total. The lowest BCUT2D eigenvalue weighted by atomic mass is 9.83. The van der Waals surface area contributed by atoms with Crippen molar-refractivity contribution in [2.75, 3.05) is 13.6 Å². The third kappa shape index (κ3) is 3.99. The molecule has 8 heteroatoms. The lowest BCUT2D eigenvalue weighted by Crippen LogP contribution is -2.29. The van der Waals surface area contributed by atoms with Gasteiger partial charge in [0.15, 0.2) is 0 Å². The van der Waals surface area contributed by atoms with Gasteiger partial charge >= 0.3 is 6.18 Å². The van der Waals surface area contributed by atoms with E-state index in [9.17, 15) is 27.2 Å². The number of Topliss-reactive ketones (excluding diaryl/α,β-unsaturated/α-hetero) is 1. The van der Waals surface area contributed by atoms with Crippen molar-refractivity contribution in [2.45, 2.75) is 18.5 Å². The minimum atomic E-state index is -4.49. The van der Waals surface area contributed by atoms with Crippen molar-refractivity contribution in [3.63, 3.8) is 0 Å². The molecule has 0 aromatic heterocycles. The molecule has 0 spiro atoms. The van der Waals surface area contributed by atoms with Crippen LogP contribution in [0.1, 0.15) is 28.2 Å². The molecule has 3 rings (SSSR count). The Kier molecular flexibility index (Phi) is 5.42. The minimum Gasteiger partial charge on any atom is -0.344 e. The van der Waals surface area contributed by atoms with Crippen molar-refractivity contribution in [2.24, 2.45) is 5.92 Å². The molecule has 1 aliphatic heterocycles. The molecule has 4 nitrogen and oxygen atoms in total. The molecule has 150 valence electrons. The van der Waals surface area contributed by atoms with Crippen LogP contribution < -0.4 is 0 Å². The van der Waals surface area contributed by atoms with Crippen molar-refractivity contribution in [1.29, 1.82) is 5.26 Å². The van der Waals surface area contributed by atoms with E-state index in [1.165, 1.54) is 42.3 Å². The monoisotopic (exact) mass is 404 g/mol. The van der Waals surface area contributed by atoms with Crippen molar-refractivity contribution >= 4 is 11.7 Å². The SMILES string of the molecule is CN1C[C@H](c2ccc(C(F)(F)F)cc2)[C@@H](C(=O)Cc2cccc(C#N)c2F)C1=O. The first-order chi connectivity index (χ1) is 13.6. The topological polar surface area (TPSA) is 61.2 Å². The highest BCUT2D eigenvalue weighted by Gasteiger charge is 2.44. The minimum absolute atomic E-state index is 0.00238. The number of nitriles is 1. The van der Waals surface area contributed by atoms with Gasteiger partial charge in [-0.3, -0.25) is 9.59 Å². The standard InChI is InChI=1S/C21H16F4N2O2/c1-27-11-16(12-5-7-15(8-6-12)21(23,24)25)18(20(27)29)17(28)9-13-3-2-4-14(10-26)19(13)22/h2-8,16,18H,9,11H2,1H3/t16-,18+/m1/s1. The Morgan fingerprint density at radius 2 is 1.86 bits per heavy atom. The van der Waals surface area contributed by atoms with Crippen LogP contribution in [0.15, 0.2) is 42.5 Å². The highest BCUT2D eigenvalue weighted by atomic mass is 19.4. The van der Waals surface area contributed by atoms with Crippen molar-refractivity contribution in [3.8, 4) is 6.07 Å². The highest BCUT2D eigenvalue weighted by Crippen LogP contribution is 2.36. The molecule has 2 aromatic rings. The van der Waals surface area contributed by atoms with E-state index in [-0.39, 0.29) is 24.1 Å². The molecule has 1 saturated heterocycles. The molecule has 1 fully saturated rings. The van der Waals surface area contributed by atoms with Gasteiger partial charge in [-0.05, 0) is 29.3 Å². The van der Waals surface area contributed by atoms with E-state index in [4.69, 9.17) is 5.26 Å². The van der Waals surface area contributed by atoms with Gasteiger partial charge in [0.25, 0.3) is 0 Å². The highest BCUT2D eigenvalue weighted by molar-refractivity contribution is 6.04.